The molecule has 1 N–H and O–H groups in total. The van der Waals surface area contributed by atoms with Crippen LogP contribution in [0, 0.1) is 0 Å². The van der Waals surface area contributed by atoms with Crippen LogP contribution in [0.1, 0.15) is 38.5 Å². The molecule has 1 aromatic rings. The Hall–Kier alpha value is -1.13. The molecule has 4 heteroatoms. The molecule has 0 aromatic carbocycles. The van der Waals surface area contributed by atoms with Gasteiger partial charge in [0.05, 0.1) is 6.10 Å². The molecule has 1 aliphatic heterocycles. The molecule has 4 nitrogen and oxygen atoms in total. The zero-order valence-corrected chi connectivity index (χ0v) is 13.0. The summed E-state index contributed by atoms with van der Waals surface area (Å²) in [6.45, 7) is 2.19. The summed E-state index contributed by atoms with van der Waals surface area (Å²) in [6.07, 6.45) is 9.81. The van der Waals surface area contributed by atoms with Gasteiger partial charge in [-0.3, -0.25) is 0 Å². The first kappa shape index (κ1) is 14.8. The number of piperidine rings is 1. The molecule has 2 atom stereocenters. The van der Waals surface area contributed by atoms with Gasteiger partial charge in [0.2, 0.25) is 0 Å². The minimum atomic E-state index is 0.410. The molecule has 0 amide bonds. The van der Waals surface area contributed by atoms with Crippen molar-refractivity contribution in [1.82, 2.24) is 10.3 Å². The van der Waals surface area contributed by atoms with Crippen molar-refractivity contribution < 1.29 is 4.74 Å². The minimum Gasteiger partial charge on any atom is -0.380 e. The van der Waals surface area contributed by atoms with Crippen molar-refractivity contribution in [3.8, 4) is 0 Å². The van der Waals surface area contributed by atoms with Crippen molar-refractivity contribution in [2.24, 2.45) is 0 Å². The molecule has 3 rings (SSSR count). The van der Waals surface area contributed by atoms with Gasteiger partial charge < -0.3 is 15.0 Å². The van der Waals surface area contributed by atoms with Crippen LogP contribution in [0.2, 0.25) is 0 Å². The van der Waals surface area contributed by atoms with Crippen LogP contribution in [0.4, 0.5) is 5.82 Å². The van der Waals surface area contributed by atoms with E-state index in [-0.39, 0.29) is 0 Å². The molecule has 21 heavy (non-hydrogen) atoms. The Labute approximate surface area is 127 Å². The van der Waals surface area contributed by atoms with Gasteiger partial charge >= 0.3 is 0 Å². The third-order valence-corrected chi connectivity index (χ3v) is 4.92. The van der Waals surface area contributed by atoms with E-state index < -0.39 is 0 Å². The Morgan fingerprint density at radius 2 is 1.95 bits per heavy atom. The number of nitrogens with one attached hydrogen (secondary N) is 1. The fraction of sp³-hybridized carbons (Fsp3) is 0.706. The molecule has 0 spiro atoms. The Balaban J connectivity index is 1.49. The predicted octanol–water partition coefficient (Wildman–Crippen LogP) is 2.60. The zero-order valence-electron chi connectivity index (χ0n) is 13.0. The largest absolute Gasteiger partial charge is 0.380 e. The van der Waals surface area contributed by atoms with Gasteiger partial charge in [0.15, 0.2) is 0 Å². The van der Waals surface area contributed by atoms with Gasteiger partial charge in [0, 0.05) is 38.5 Å². The monoisotopic (exact) mass is 289 g/mol. The van der Waals surface area contributed by atoms with E-state index >= 15 is 0 Å². The number of nitrogens with zero attached hydrogens (tertiary/aromatic N) is 2. The molecule has 1 aliphatic carbocycles. The van der Waals surface area contributed by atoms with Crippen molar-refractivity contribution in [1.29, 1.82) is 0 Å². The van der Waals surface area contributed by atoms with Gasteiger partial charge in [0.25, 0.3) is 0 Å². The molecular formula is C17H27N3O. The van der Waals surface area contributed by atoms with Crippen molar-refractivity contribution in [2.75, 3.05) is 25.1 Å². The first-order valence-electron chi connectivity index (χ1n) is 8.31. The molecule has 1 saturated carbocycles. The number of hydrogen-bond acceptors (Lipinski definition) is 4. The van der Waals surface area contributed by atoms with Crippen LogP contribution in [-0.4, -0.2) is 43.4 Å². The summed E-state index contributed by atoms with van der Waals surface area (Å²) in [5.74, 6) is 1.11. The highest BCUT2D eigenvalue weighted by Crippen LogP contribution is 2.23. The highest BCUT2D eigenvalue weighted by Gasteiger charge is 2.28. The second kappa shape index (κ2) is 7.23. The third-order valence-electron chi connectivity index (χ3n) is 4.92. The fourth-order valence-electron chi connectivity index (χ4n) is 3.69. The number of hydrogen-bond donors (Lipinski definition) is 1. The SMILES string of the molecule is COC1CCCCC1NC1CCN(c2ccccn2)CC1. The molecule has 0 bridgehead atoms. The Bertz CT molecular complexity index is 417. The summed E-state index contributed by atoms with van der Waals surface area (Å²) in [5.41, 5.74) is 0. The molecule has 1 aromatic heterocycles. The second-order valence-electron chi connectivity index (χ2n) is 6.28. The van der Waals surface area contributed by atoms with Crippen LogP contribution in [0.25, 0.3) is 0 Å². The Morgan fingerprint density at radius 1 is 1.14 bits per heavy atom. The quantitative estimate of drug-likeness (QED) is 0.924. The van der Waals surface area contributed by atoms with E-state index in [2.05, 4.69) is 27.3 Å². The summed E-state index contributed by atoms with van der Waals surface area (Å²) >= 11 is 0. The molecule has 116 valence electrons. The lowest BCUT2D eigenvalue weighted by atomic mass is 9.91. The van der Waals surface area contributed by atoms with Gasteiger partial charge in [-0.1, -0.05) is 18.9 Å². The number of ether oxygens (including phenoxy) is 1. The lowest BCUT2D eigenvalue weighted by Gasteiger charge is -2.38. The highest BCUT2D eigenvalue weighted by molar-refractivity contribution is 5.38. The number of pyridine rings is 1. The smallest absolute Gasteiger partial charge is 0.128 e. The summed E-state index contributed by atoms with van der Waals surface area (Å²) in [5, 5.41) is 3.86. The van der Waals surface area contributed by atoms with Gasteiger partial charge in [-0.25, -0.2) is 4.98 Å². The van der Waals surface area contributed by atoms with E-state index in [1.807, 2.05) is 19.4 Å². The summed E-state index contributed by atoms with van der Waals surface area (Å²) in [4.78, 5) is 6.85. The Kier molecular flexibility index (Phi) is 5.09. The van der Waals surface area contributed by atoms with Crippen LogP contribution in [0.5, 0.6) is 0 Å². The lowest BCUT2D eigenvalue weighted by molar-refractivity contribution is 0.0365. The van der Waals surface area contributed by atoms with E-state index in [1.54, 1.807) is 0 Å². The normalized spacial score (nSPS) is 27.8. The fourth-order valence-corrected chi connectivity index (χ4v) is 3.69. The topological polar surface area (TPSA) is 37.4 Å². The van der Waals surface area contributed by atoms with Crippen LogP contribution in [0.15, 0.2) is 24.4 Å². The standard InChI is InChI=1S/C17H27N3O/c1-21-16-7-3-2-6-15(16)19-14-9-12-20(13-10-14)17-8-4-5-11-18-17/h4-5,8,11,14-16,19H,2-3,6-7,9-10,12-13H2,1H3. The zero-order chi connectivity index (χ0) is 14.5. The summed E-state index contributed by atoms with van der Waals surface area (Å²) in [7, 11) is 1.86. The molecule has 2 fully saturated rings. The van der Waals surface area contributed by atoms with E-state index in [0.717, 1.165) is 18.9 Å². The third kappa shape index (κ3) is 3.74. The van der Waals surface area contributed by atoms with E-state index in [4.69, 9.17) is 4.74 Å². The number of rotatable bonds is 4. The maximum atomic E-state index is 5.65. The summed E-state index contributed by atoms with van der Waals surface area (Å²) < 4.78 is 5.65. The van der Waals surface area contributed by atoms with Gasteiger partial charge in [-0.15, -0.1) is 0 Å². The number of aromatic nitrogens is 1. The highest BCUT2D eigenvalue weighted by atomic mass is 16.5. The molecule has 2 unspecified atom stereocenters. The molecule has 2 aliphatic rings. The molecule has 1 saturated heterocycles. The van der Waals surface area contributed by atoms with E-state index in [1.165, 1.54) is 38.5 Å². The minimum absolute atomic E-state index is 0.410. The van der Waals surface area contributed by atoms with Gasteiger partial charge in [-0.2, -0.15) is 0 Å². The van der Waals surface area contributed by atoms with Gasteiger partial charge in [-0.05, 0) is 37.8 Å². The molecule has 2 heterocycles. The van der Waals surface area contributed by atoms with Crippen molar-refractivity contribution in [3.05, 3.63) is 24.4 Å². The van der Waals surface area contributed by atoms with Crippen LogP contribution >= 0.6 is 0 Å². The first-order chi connectivity index (χ1) is 10.4. The van der Waals surface area contributed by atoms with Crippen molar-refractivity contribution in [3.63, 3.8) is 0 Å². The van der Waals surface area contributed by atoms with Crippen molar-refractivity contribution in [2.45, 2.75) is 56.7 Å². The predicted molar refractivity (Wildman–Crippen MR) is 85.7 cm³/mol. The second-order valence-corrected chi connectivity index (χ2v) is 6.28. The molecule has 0 radical (unpaired) electrons. The van der Waals surface area contributed by atoms with Gasteiger partial charge in [0.1, 0.15) is 5.82 Å². The van der Waals surface area contributed by atoms with Crippen LogP contribution < -0.4 is 10.2 Å². The molecular weight excluding hydrogens is 262 g/mol. The summed E-state index contributed by atoms with van der Waals surface area (Å²) in [6, 6.07) is 7.33. The first-order valence-corrected chi connectivity index (χ1v) is 8.31. The maximum Gasteiger partial charge on any atom is 0.128 e. The Morgan fingerprint density at radius 3 is 2.67 bits per heavy atom. The van der Waals surface area contributed by atoms with Crippen LogP contribution in [0.3, 0.4) is 0 Å². The van der Waals surface area contributed by atoms with Crippen LogP contribution in [-0.2, 0) is 4.74 Å². The number of methoxy groups -OCH3 is 1. The van der Waals surface area contributed by atoms with E-state index in [0.29, 0.717) is 18.2 Å². The average molecular weight is 289 g/mol. The average Bonchev–Trinajstić information content (AvgIpc) is 2.57. The lowest BCUT2D eigenvalue weighted by Crippen LogP contribution is -2.51. The van der Waals surface area contributed by atoms with E-state index in [9.17, 15) is 0 Å². The van der Waals surface area contributed by atoms with Crippen molar-refractivity contribution >= 4 is 5.82 Å². The maximum absolute atomic E-state index is 5.65. The number of anilines is 1.